The number of nitrogen functional groups attached to an aromatic ring is 1. The second-order valence-electron chi connectivity index (χ2n) is 3.64. The fourth-order valence-electron chi connectivity index (χ4n) is 1.39. The monoisotopic (exact) mass is 251 g/mol. The minimum absolute atomic E-state index is 0.372. The summed E-state index contributed by atoms with van der Waals surface area (Å²) in [6.45, 7) is 1.85. The van der Waals surface area contributed by atoms with Crippen molar-refractivity contribution in [1.82, 2.24) is 4.98 Å². The fraction of sp³-hybridized carbons (Fsp3) is 0.0833. The first-order chi connectivity index (χ1) is 8.06. The Morgan fingerprint density at radius 2 is 2.06 bits per heavy atom. The lowest BCUT2D eigenvalue weighted by Gasteiger charge is -2.10. The maximum absolute atomic E-state index is 13.1. The summed E-state index contributed by atoms with van der Waals surface area (Å²) in [4.78, 5) is 4.22. The number of nitrogens with two attached hydrogens (primary N) is 1. The van der Waals surface area contributed by atoms with Crippen molar-refractivity contribution in [2.24, 2.45) is 0 Å². The van der Waals surface area contributed by atoms with Crippen LogP contribution in [-0.4, -0.2) is 4.98 Å². The second-order valence-corrected chi connectivity index (χ2v) is 4.05. The van der Waals surface area contributed by atoms with Gasteiger partial charge in [0.1, 0.15) is 5.82 Å². The molecule has 0 saturated carbocycles. The number of nitrogens with zero attached hydrogens (tertiary/aromatic N) is 1. The first-order valence-corrected chi connectivity index (χ1v) is 5.39. The normalized spacial score (nSPS) is 10.3. The van der Waals surface area contributed by atoms with Crippen LogP contribution in [0.15, 0.2) is 30.3 Å². The molecular formula is C12H11ClFN3. The van der Waals surface area contributed by atoms with Gasteiger partial charge >= 0.3 is 0 Å². The zero-order chi connectivity index (χ0) is 12.4. The van der Waals surface area contributed by atoms with Gasteiger partial charge in [-0.05, 0) is 37.3 Å². The molecule has 0 atom stereocenters. The van der Waals surface area contributed by atoms with Crippen LogP contribution in [0.2, 0.25) is 5.02 Å². The Balaban J connectivity index is 2.37. The van der Waals surface area contributed by atoms with Gasteiger partial charge in [-0.1, -0.05) is 11.6 Å². The molecule has 3 nitrogen and oxygen atoms in total. The van der Waals surface area contributed by atoms with E-state index in [4.69, 9.17) is 17.3 Å². The van der Waals surface area contributed by atoms with E-state index in [2.05, 4.69) is 10.3 Å². The largest absolute Gasteiger partial charge is 0.396 e. The topological polar surface area (TPSA) is 50.9 Å². The fourth-order valence-corrected chi connectivity index (χ4v) is 1.55. The van der Waals surface area contributed by atoms with Crippen molar-refractivity contribution >= 4 is 28.8 Å². The smallest absolute Gasteiger partial charge is 0.153 e. The van der Waals surface area contributed by atoms with Crippen LogP contribution in [0.4, 0.5) is 21.6 Å². The molecule has 0 radical (unpaired) electrons. The Morgan fingerprint density at radius 3 is 2.82 bits per heavy atom. The second kappa shape index (κ2) is 4.59. The van der Waals surface area contributed by atoms with Gasteiger partial charge in [0.25, 0.3) is 0 Å². The molecule has 88 valence electrons. The standard InChI is InChI=1S/C12H11ClFN3/c1-7-2-5-10(15)12(16-7)17-11-6-8(14)3-4-9(11)13/h2-6H,15H2,1H3,(H,16,17). The van der Waals surface area contributed by atoms with Gasteiger partial charge in [0.15, 0.2) is 5.82 Å². The highest BCUT2D eigenvalue weighted by Crippen LogP contribution is 2.27. The summed E-state index contributed by atoms with van der Waals surface area (Å²) in [5.41, 5.74) is 7.50. The van der Waals surface area contributed by atoms with Crippen LogP contribution in [0.25, 0.3) is 0 Å². The quantitative estimate of drug-likeness (QED) is 0.859. The first kappa shape index (κ1) is 11.7. The number of aromatic nitrogens is 1. The number of rotatable bonds is 2. The zero-order valence-corrected chi connectivity index (χ0v) is 9.92. The van der Waals surface area contributed by atoms with E-state index in [1.165, 1.54) is 18.2 Å². The molecule has 17 heavy (non-hydrogen) atoms. The van der Waals surface area contributed by atoms with Crippen molar-refractivity contribution in [2.45, 2.75) is 6.92 Å². The number of nitrogens with one attached hydrogen (secondary N) is 1. The number of hydrogen-bond donors (Lipinski definition) is 2. The van der Waals surface area contributed by atoms with Crippen LogP contribution in [-0.2, 0) is 0 Å². The van der Waals surface area contributed by atoms with Crippen molar-refractivity contribution in [3.05, 3.63) is 46.9 Å². The molecule has 0 saturated heterocycles. The minimum atomic E-state index is -0.372. The van der Waals surface area contributed by atoms with Crippen LogP contribution in [0, 0.1) is 12.7 Å². The van der Waals surface area contributed by atoms with Crippen molar-refractivity contribution in [2.75, 3.05) is 11.1 Å². The Labute approximate surface area is 103 Å². The summed E-state index contributed by atoms with van der Waals surface area (Å²) in [6.07, 6.45) is 0. The summed E-state index contributed by atoms with van der Waals surface area (Å²) in [5, 5.41) is 3.33. The predicted octanol–water partition coefficient (Wildman–Crippen LogP) is 3.51. The van der Waals surface area contributed by atoms with Crippen molar-refractivity contribution < 1.29 is 4.39 Å². The van der Waals surface area contributed by atoms with Crippen LogP contribution in [0.3, 0.4) is 0 Å². The molecule has 5 heteroatoms. The molecule has 0 aliphatic rings. The van der Waals surface area contributed by atoms with E-state index in [1.54, 1.807) is 12.1 Å². The molecule has 0 fully saturated rings. The summed E-state index contributed by atoms with van der Waals surface area (Å²) in [5.74, 6) is 0.0978. The van der Waals surface area contributed by atoms with Gasteiger partial charge in [0.05, 0.1) is 16.4 Å². The predicted molar refractivity (Wildman–Crippen MR) is 68.1 cm³/mol. The van der Waals surface area contributed by atoms with Gasteiger partial charge < -0.3 is 11.1 Å². The van der Waals surface area contributed by atoms with Gasteiger partial charge in [-0.3, -0.25) is 0 Å². The Morgan fingerprint density at radius 1 is 1.29 bits per heavy atom. The lowest BCUT2D eigenvalue weighted by atomic mass is 10.3. The van der Waals surface area contributed by atoms with E-state index in [9.17, 15) is 4.39 Å². The van der Waals surface area contributed by atoms with Crippen LogP contribution in [0.1, 0.15) is 5.69 Å². The van der Waals surface area contributed by atoms with Gasteiger partial charge in [-0.15, -0.1) is 0 Å². The molecule has 0 unspecified atom stereocenters. The van der Waals surface area contributed by atoms with Gasteiger partial charge in [-0.2, -0.15) is 0 Å². The number of halogens is 2. The number of aryl methyl sites for hydroxylation is 1. The molecule has 1 aromatic heterocycles. The number of benzene rings is 1. The molecule has 1 heterocycles. The maximum Gasteiger partial charge on any atom is 0.153 e. The third-order valence-corrected chi connectivity index (χ3v) is 2.58. The van der Waals surface area contributed by atoms with Crippen LogP contribution >= 0.6 is 11.6 Å². The van der Waals surface area contributed by atoms with Gasteiger partial charge in [-0.25, -0.2) is 9.37 Å². The highest BCUT2D eigenvalue weighted by Gasteiger charge is 2.06. The third kappa shape index (κ3) is 2.65. The molecule has 1 aromatic carbocycles. The van der Waals surface area contributed by atoms with E-state index < -0.39 is 0 Å². The average molecular weight is 252 g/mol. The molecule has 0 bridgehead atoms. The van der Waals surface area contributed by atoms with Crippen LogP contribution < -0.4 is 11.1 Å². The van der Waals surface area contributed by atoms with E-state index in [-0.39, 0.29) is 5.82 Å². The Hall–Kier alpha value is -1.81. The number of hydrogen-bond acceptors (Lipinski definition) is 3. The first-order valence-electron chi connectivity index (χ1n) is 5.01. The summed E-state index contributed by atoms with van der Waals surface area (Å²) in [7, 11) is 0. The molecule has 3 N–H and O–H groups in total. The zero-order valence-electron chi connectivity index (χ0n) is 9.17. The molecule has 0 aliphatic carbocycles. The lowest BCUT2D eigenvalue weighted by molar-refractivity contribution is 0.628. The lowest BCUT2D eigenvalue weighted by Crippen LogP contribution is -2.00. The Bertz CT molecular complexity index is 508. The highest BCUT2D eigenvalue weighted by molar-refractivity contribution is 6.33. The molecular weight excluding hydrogens is 241 g/mol. The summed E-state index contributed by atoms with van der Waals surface area (Å²) >= 11 is 5.94. The van der Waals surface area contributed by atoms with E-state index in [0.717, 1.165) is 5.69 Å². The third-order valence-electron chi connectivity index (χ3n) is 2.25. The molecule has 0 spiro atoms. The molecule has 2 rings (SSSR count). The van der Waals surface area contributed by atoms with Crippen molar-refractivity contribution in [3.63, 3.8) is 0 Å². The van der Waals surface area contributed by atoms with Crippen LogP contribution in [0.5, 0.6) is 0 Å². The summed E-state index contributed by atoms with van der Waals surface area (Å²) in [6, 6.07) is 7.60. The highest BCUT2D eigenvalue weighted by atomic mass is 35.5. The molecule has 0 amide bonds. The maximum atomic E-state index is 13.1. The van der Waals surface area contributed by atoms with Gasteiger partial charge in [0.2, 0.25) is 0 Å². The number of pyridine rings is 1. The summed E-state index contributed by atoms with van der Waals surface area (Å²) < 4.78 is 13.1. The van der Waals surface area contributed by atoms with Crippen molar-refractivity contribution in [1.29, 1.82) is 0 Å². The SMILES string of the molecule is Cc1ccc(N)c(Nc2cc(F)ccc2Cl)n1. The average Bonchev–Trinajstić information content (AvgIpc) is 2.28. The minimum Gasteiger partial charge on any atom is -0.396 e. The Kier molecular flexibility index (Phi) is 3.15. The van der Waals surface area contributed by atoms with E-state index in [1.807, 2.05) is 6.92 Å². The van der Waals surface area contributed by atoms with E-state index in [0.29, 0.717) is 22.2 Å². The van der Waals surface area contributed by atoms with E-state index >= 15 is 0 Å². The molecule has 2 aromatic rings. The van der Waals surface area contributed by atoms with Gasteiger partial charge in [0, 0.05) is 5.69 Å². The molecule has 0 aliphatic heterocycles. The number of anilines is 3. The van der Waals surface area contributed by atoms with Crippen molar-refractivity contribution in [3.8, 4) is 0 Å².